The van der Waals surface area contributed by atoms with Crippen molar-refractivity contribution >= 4 is 0 Å². The first-order valence-corrected chi connectivity index (χ1v) is 3.84. The maximum absolute atomic E-state index is 12.6. The van der Waals surface area contributed by atoms with E-state index in [-0.39, 0.29) is 12.5 Å². The van der Waals surface area contributed by atoms with Crippen LogP contribution in [-0.4, -0.2) is 24.4 Å². The first-order chi connectivity index (χ1) is 5.35. The second-order valence-electron chi connectivity index (χ2n) is 3.23. The van der Waals surface area contributed by atoms with Crippen molar-refractivity contribution in [3.05, 3.63) is 0 Å². The lowest BCUT2D eigenvalue weighted by molar-refractivity contribution is -0.203. The summed E-state index contributed by atoms with van der Waals surface area (Å²) >= 11 is 0. The lowest BCUT2D eigenvalue weighted by Gasteiger charge is -2.23. The Balaban J connectivity index is 2.74. The average molecular weight is 185 g/mol. The second kappa shape index (κ2) is 2.87. The van der Waals surface area contributed by atoms with Crippen molar-refractivity contribution in [3.8, 4) is 0 Å². The van der Waals surface area contributed by atoms with E-state index >= 15 is 0 Å². The Bertz CT molecular complexity index is 151. The number of halogens is 4. The van der Waals surface area contributed by atoms with Gasteiger partial charge in [0.25, 0.3) is 0 Å². The standard InChI is InChI=1S/C7H11F4N/c1-5-2-3-6(8,9)7(10,11)4-12-5/h5,12H,2-4H2,1H3. The molecule has 1 atom stereocenters. The van der Waals surface area contributed by atoms with Crippen molar-refractivity contribution in [2.75, 3.05) is 6.54 Å². The largest absolute Gasteiger partial charge is 0.322 e. The van der Waals surface area contributed by atoms with Gasteiger partial charge in [-0.25, -0.2) is 0 Å². The molecule has 72 valence electrons. The molecule has 1 aliphatic heterocycles. The van der Waals surface area contributed by atoms with Crippen LogP contribution in [0.1, 0.15) is 19.8 Å². The van der Waals surface area contributed by atoms with Crippen molar-refractivity contribution < 1.29 is 17.6 Å². The van der Waals surface area contributed by atoms with Gasteiger partial charge < -0.3 is 5.32 Å². The van der Waals surface area contributed by atoms with Crippen molar-refractivity contribution in [2.45, 2.75) is 37.7 Å². The average Bonchev–Trinajstić information content (AvgIpc) is 2.02. The molecule has 1 rings (SSSR count). The molecule has 0 aliphatic carbocycles. The van der Waals surface area contributed by atoms with Gasteiger partial charge >= 0.3 is 11.8 Å². The highest BCUT2D eigenvalue weighted by Crippen LogP contribution is 2.39. The van der Waals surface area contributed by atoms with Crippen molar-refractivity contribution in [1.82, 2.24) is 5.32 Å². The van der Waals surface area contributed by atoms with Crippen LogP contribution < -0.4 is 5.32 Å². The van der Waals surface area contributed by atoms with E-state index in [1.54, 1.807) is 6.92 Å². The van der Waals surface area contributed by atoms with E-state index in [9.17, 15) is 17.6 Å². The van der Waals surface area contributed by atoms with Gasteiger partial charge in [-0.2, -0.15) is 17.6 Å². The molecule has 0 bridgehead atoms. The second-order valence-corrected chi connectivity index (χ2v) is 3.23. The number of hydrogen-bond acceptors (Lipinski definition) is 1. The van der Waals surface area contributed by atoms with Crippen molar-refractivity contribution in [1.29, 1.82) is 0 Å². The van der Waals surface area contributed by atoms with Gasteiger partial charge in [0.1, 0.15) is 0 Å². The number of hydrogen-bond donors (Lipinski definition) is 1. The van der Waals surface area contributed by atoms with E-state index < -0.39 is 24.8 Å². The Morgan fingerprint density at radius 2 is 1.75 bits per heavy atom. The smallest absolute Gasteiger partial charge is 0.308 e. The minimum atomic E-state index is -3.90. The number of rotatable bonds is 0. The van der Waals surface area contributed by atoms with Crippen molar-refractivity contribution in [3.63, 3.8) is 0 Å². The summed E-state index contributed by atoms with van der Waals surface area (Å²) in [6.07, 6.45) is -0.656. The van der Waals surface area contributed by atoms with Gasteiger partial charge in [0.05, 0.1) is 6.54 Å². The van der Waals surface area contributed by atoms with Crippen LogP contribution in [0.4, 0.5) is 17.6 Å². The van der Waals surface area contributed by atoms with Crippen LogP contribution in [0.2, 0.25) is 0 Å². The summed E-state index contributed by atoms with van der Waals surface area (Å²) in [5.74, 6) is -7.76. The molecule has 1 saturated heterocycles. The molecule has 0 spiro atoms. The van der Waals surface area contributed by atoms with Gasteiger partial charge in [-0.3, -0.25) is 0 Å². The highest BCUT2D eigenvalue weighted by atomic mass is 19.3. The fraction of sp³-hybridized carbons (Fsp3) is 1.00. The predicted octanol–water partition coefficient (Wildman–Crippen LogP) is 2.03. The quantitative estimate of drug-likeness (QED) is 0.569. The van der Waals surface area contributed by atoms with Crippen LogP contribution in [0.3, 0.4) is 0 Å². The van der Waals surface area contributed by atoms with Gasteiger partial charge in [-0.15, -0.1) is 0 Å². The van der Waals surface area contributed by atoms with Crippen LogP contribution in [0, 0.1) is 0 Å². The van der Waals surface area contributed by atoms with Crippen LogP contribution in [0.5, 0.6) is 0 Å². The zero-order chi connectivity index (χ0) is 9.41. The van der Waals surface area contributed by atoms with Crippen LogP contribution in [0.25, 0.3) is 0 Å². The molecule has 1 aliphatic rings. The fourth-order valence-corrected chi connectivity index (χ4v) is 1.11. The summed E-state index contributed by atoms with van der Waals surface area (Å²) < 4.78 is 50.5. The van der Waals surface area contributed by atoms with E-state index in [1.165, 1.54) is 0 Å². The molecule has 1 heterocycles. The lowest BCUT2D eigenvalue weighted by atomic mass is 10.1. The first-order valence-electron chi connectivity index (χ1n) is 3.84. The molecular weight excluding hydrogens is 174 g/mol. The molecule has 0 saturated carbocycles. The normalized spacial score (nSPS) is 34.2. The van der Waals surface area contributed by atoms with Gasteiger partial charge in [-0.1, -0.05) is 0 Å². The van der Waals surface area contributed by atoms with Gasteiger partial charge in [0, 0.05) is 12.5 Å². The Morgan fingerprint density at radius 1 is 1.17 bits per heavy atom. The molecule has 12 heavy (non-hydrogen) atoms. The van der Waals surface area contributed by atoms with Gasteiger partial charge in [0.2, 0.25) is 0 Å². The van der Waals surface area contributed by atoms with E-state index in [2.05, 4.69) is 5.32 Å². The summed E-state index contributed by atoms with van der Waals surface area (Å²) in [5.41, 5.74) is 0. The van der Waals surface area contributed by atoms with E-state index in [0.717, 1.165) is 0 Å². The molecule has 5 heteroatoms. The molecule has 1 nitrogen and oxygen atoms in total. The first kappa shape index (κ1) is 9.77. The molecule has 0 aromatic rings. The number of nitrogens with one attached hydrogen (secondary N) is 1. The monoisotopic (exact) mass is 185 g/mol. The van der Waals surface area contributed by atoms with Gasteiger partial charge in [-0.05, 0) is 13.3 Å². The zero-order valence-corrected chi connectivity index (χ0v) is 6.71. The lowest BCUT2D eigenvalue weighted by Crippen LogP contribution is -2.45. The topological polar surface area (TPSA) is 12.0 Å². The van der Waals surface area contributed by atoms with E-state index in [4.69, 9.17) is 0 Å². The van der Waals surface area contributed by atoms with Crippen LogP contribution in [0.15, 0.2) is 0 Å². The SMILES string of the molecule is CC1CCC(F)(F)C(F)(F)CN1. The third-order valence-corrected chi connectivity index (χ3v) is 2.10. The minimum absolute atomic E-state index is 0.0859. The fourth-order valence-electron chi connectivity index (χ4n) is 1.11. The Morgan fingerprint density at radius 3 is 2.33 bits per heavy atom. The van der Waals surface area contributed by atoms with E-state index in [1.807, 2.05) is 0 Å². The predicted molar refractivity (Wildman–Crippen MR) is 36.6 cm³/mol. The van der Waals surface area contributed by atoms with Gasteiger partial charge in [0.15, 0.2) is 0 Å². The molecule has 1 N–H and O–H groups in total. The summed E-state index contributed by atoms with van der Waals surface area (Å²) in [5, 5.41) is 2.36. The van der Waals surface area contributed by atoms with Crippen molar-refractivity contribution in [2.24, 2.45) is 0 Å². The third-order valence-electron chi connectivity index (χ3n) is 2.10. The maximum atomic E-state index is 12.6. The summed E-state index contributed by atoms with van der Waals surface area (Å²) in [7, 11) is 0. The molecule has 1 unspecified atom stereocenters. The Kier molecular flexibility index (Phi) is 2.33. The molecule has 0 amide bonds. The summed E-state index contributed by atoms with van der Waals surface area (Å²) in [4.78, 5) is 0. The molecule has 1 fully saturated rings. The maximum Gasteiger partial charge on any atom is 0.322 e. The van der Waals surface area contributed by atoms with Crippen LogP contribution >= 0.6 is 0 Å². The molecular formula is C7H11F4N. The Hall–Kier alpha value is -0.320. The Labute approximate surface area is 68.1 Å². The van der Waals surface area contributed by atoms with E-state index in [0.29, 0.717) is 0 Å². The molecule has 0 aromatic carbocycles. The summed E-state index contributed by atoms with van der Waals surface area (Å²) in [6.45, 7) is 0.693. The molecule has 0 aromatic heterocycles. The molecule has 0 radical (unpaired) electrons. The third kappa shape index (κ3) is 1.71. The minimum Gasteiger partial charge on any atom is -0.308 e. The highest BCUT2D eigenvalue weighted by molar-refractivity contribution is 4.91. The number of alkyl halides is 4. The zero-order valence-electron chi connectivity index (χ0n) is 6.71. The summed E-state index contributed by atoms with van der Waals surface area (Å²) in [6, 6.07) is -0.260. The van der Waals surface area contributed by atoms with Crippen LogP contribution in [-0.2, 0) is 0 Å². The highest BCUT2D eigenvalue weighted by Gasteiger charge is 2.56.